The first-order valence-corrected chi connectivity index (χ1v) is 12.5. The van der Waals surface area contributed by atoms with Gasteiger partial charge in [-0.2, -0.15) is 15.0 Å². The number of hydrogen-bond donors (Lipinski definition) is 4. The van der Waals surface area contributed by atoms with E-state index in [2.05, 4.69) is 30.4 Å². The van der Waals surface area contributed by atoms with Crippen LogP contribution in [0.2, 0.25) is 0 Å². The van der Waals surface area contributed by atoms with E-state index in [4.69, 9.17) is 4.98 Å². The number of rotatable bonds is 6. The van der Waals surface area contributed by atoms with Gasteiger partial charge < -0.3 is 30.6 Å². The minimum Gasteiger partial charge on any atom is -0.507 e. The molecule has 36 heavy (non-hydrogen) atoms. The largest absolute Gasteiger partial charge is 0.507 e. The molecule has 188 valence electrons. The summed E-state index contributed by atoms with van der Waals surface area (Å²) in [5, 5.41) is 26.3. The molecule has 2 aliphatic heterocycles. The molecule has 2 aromatic carbocycles. The number of phenolic OH excluding ortho intramolecular Hbond substituents is 2. The summed E-state index contributed by atoms with van der Waals surface area (Å²) in [6.45, 7) is 3.70. The van der Waals surface area contributed by atoms with Gasteiger partial charge in [0.2, 0.25) is 17.8 Å². The Labute approximate surface area is 210 Å². The fraction of sp³-hybridized carbons (Fsp3) is 0.385. The van der Waals surface area contributed by atoms with Crippen molar-refractivity contribution in [1.82, 2.24) is 15.0 Å². The Kier molecular flexibility index (Phi) is 7.01. The number of aromatic nitrogens is 3. The van der Waals surface area contributed by atoms with E-state index < -0.39 is 5.91 Å². The fourth-order valence-corrected chi connectivity index (χ4v) is 4.58. The van der Waals surface area contributed by atoms with Gasteiger partial charge in [0.1, 0.15) is 11.5 Å². The number of para-hydroxylation sites is 1. The Bertz CT molecular complexity index is 1190. The minimum atomic E-state index is -0.515. The van der Waals surface area contributed by atoms with Crippen LogP contribution in [0.4, 0.5) is 29.2 Å². The first-order valence-electron chi connectivity index (χ1n) is 12.5. The monoisotopic (exact) mass is 489 g/mol. The maximum atomic E-state index is 12.5. The highest BCUT2D eigenvalue weighted by Crippen LogP contribution is 2.30. The molecule has 0 aliphatic carbocycles. The van der Waals surface area contributed by atoms with Gasteiger partial charge in [-0.05, 0) is 62.8 Å². The van der Waals surface area contributed by atoms with Gasteiger partial charge in [-0.3, -0.25) is 4.79 Å². The first-order chi connectivity index (χ1) is 17.6. The average molecular weight is 490 g/mol. The van der Waals surface area contributed by atoms with Crippen molar-refractivity contribution in [1.29, 1.82) is 0 Å². The second kappa shape index (κ2) is 10.7. The number of piperidine rings is 2. The molecule has 4 N–H and O–H groups in total. The molecule has 1 amide bonds. The van der Waals surface area contributed by atoms with Gasteiger partial charge in [-0.1, -0.05) is 12.1 Å². The lowest BCUT2D eigenvalue weighted by atomic mass is 10.1. The number of hydrogen-bond acceptors (Lipinski definition) is 9. The van der Waals surface area contributed by atoms with Crippen molar-refractivity contribution in [3.05, 3.63) is 48.0 Å². The van der Waals surface area contributed by atoms with E-state index in [1.165, 1.54) is 31.0 Å². The highest BCUT2D eigenvalue weighted by atomic mass is 16.3. The van der Waals surface area contributed by atoms with E-state index in [9.17, 15) is 15.0 Å². The lowest BCUT2D eigenvalue weighted by molar-refractivity contribution is 0.102. The molecule has 2 fully saturated rings. The molecule has 10 heteroatoms. The number of aromatic hydroxyl groups is 2. The Balaban J connectivity index is 1.36. The van der Waals surface area contributed by atoms with Crippen LogP contribution in [0.3, 0.4) is 0 Å². The van der Waals surface area contributed by atoms with Crippen LogP contribution in [0.5, 0.6) is 11.5 Å². The zero-order chi connectivity index (χ0) is 24.9. The fourth-order valence-electron chi connectivity index (χ4n) is 4.58. The summed E-state index contributed by atoms with van der Waals surface area (Å²) in [5.41, 5.74) is 0.931. The van der Waals surface area contributed by atoms with Gasteiger partial charge in [-0.15, -0.1) is 0 Å². The molecule has 1 aromatic heterocycles. The van der Waals surface area contributed by atoms with Gasteiger partial charge in [-0.25, -0.2) is 0 Å². The van der Waals surface area contributed by atoms with Gasteiger partial charge in [0.05, 0.1) is 11.3 Å². The van der Waals surface area contributed by atoms with Gasteiger partial charge in [0.25, 0.3) is 5.91 Å². The second-order valence-corrected chi connectivity index (χ2v) is 9.18. The van der Waals surface area contributed by atoms with Crippen molar-refractivity contribution in [3.8, 4) is 11.5 Å². The molecule has 3 heterocycles. The van der Waals surface area contributed by atoms with Crippen LogP contribution < -0.4 is 20.4 Å². The zero-order valence-corrected chi connectivity index (χ0v) is 20.2. The minimum absolute atomic E-state index is 0.120. The summed E-state index contributed by atoms with van der Waals surface area (Å²) in [4.78, 5) is 31.1. The predicted octanol–water partition coefficient (Wildman–Crippen LogP) is 4.26. The molecule has 0 bridgehead atoms. The van der Waals surface area contributed by atoms with Crippen LogP contribution in [-0.4, -0.2) is 57.3 Å². The van der Waals surface area contributed by atoms with E-state index in [1.807, 2.05) is 0 Å². The number of amides is 1. The van der Waals surface area contributed by atoms with Crippen LogP contribution in [0.25, 0.3) is 0 Å². The van der Waals surface area contributed by atoms with E-state index in [-0.39, 0.29) is 22.7 Å². The number of phenols is 2. The molecule has 0 saturated carbocycles. The standard InChI is InChI=1S/C26H31N7O3/c34-21-10-4-3-9-19(21)23(36)28-20-12-11-18(17-22(20)35)27-24-29-25(32-13-5-1-6-14-32)31-26(30-24)33-15-7-2-8-16-33/h3-4,9-12,17,34-35H,1-2,5-8,13-16H2,(H,28,36)(H,27,29,30,31). The Morgan fingerprint density at radius 1 is 0.750 bits per heavy atom. The van der Waals surface area contributed by atoms with Gasteiger partial charge in [0, 0.05) is 37.9 Å². The third kappa shape index (κ3) is 5.42. The summed E-state index contributed by atoms with van der Waals surface area (Å²) < 4.78 is 0. The third-order valence-electron chi connectivity index (χ3n) is 6.54. The highest BCUT2D eigenvalue weighted by Gasteiger charge is 2.21. The first kappa shape index (κ1) is 23.7. The van der Waals surface area contributed by atoms with Crippen LogP contribution in [0.15, 0.2) is 42.5 Å². The Morgan fingerprint density at radius 2 is 1.36 bits per heavy atom. The molecule has 3 aromatic rings. The van der Waals surface area contributed by atoms with Crippen molar-refractivity contribution in [2.75, 3.05) is 46.6 Å². The van der Waals surface area contributed by atoms with Crippen molar-refractivity contribution in [2.24, 2.45) is 0 Å². The normalized spacial score (nSPS) is 16.0. The highest BCUT2D eigenvalue weighted by molar-refractivity contribution is 6.06. The number of anilines is 5. The number of carbonyl (C=O) groups excluding carboxylic acids is 1. The third-order valence-corrected chi connectivity index (χ3v) is 6.54. The van der Waals surface area contributed by atoms with Crippen molar-refractivity contribution >= 4 is 35.1 Å². The van der Waals surface area contributed by atoms with Crippen molar-refractivity contribution in [2.45, 2.75) is 38.5 Å². The summed E-state index contributed by atoms with van der Waals surface area (Å²) in [7, 11) is 0. The second-order valence-electron chi connectivity index (χ2n) is 9.18. The predicted molar refractivity (Wildman–Crippen MR) is 139 cm³/mol. The van der Waals surface area contributed by atoms with E-state index in [0.717, 1.165) is 51.9 Å². The molecular formula is C26H31N7O3. The number of nitrogens with one attached hydrogen (secondary N) is 2. The van der Waals surface area contributed by atoms with Crippen molar-refractivity contribution < 1.29 is 15.0 Å². The summed E-state index contributed by atoms with van der Waals surface area (Å²) in [6, 6.07) is 11.1. The quantitative estimate of drug-likeness (QED) is 0.376. The molecule has 10 nitrogen and oxygen atoms in total. The van der Waals surface area contributed by atoms with E-state index in [1.54, 1.807) is 24.3 Å². The zero-order valence-electron chi connectivity index (χ0n) is 20.2. The Morgan fingerprint density at radius 3 is 1.94 bits per heavy atom. The number of nitrogens with zero attached hydrogens (tertiary/aromatic N) is 5. The lowest BCUT2D eigenvalue weighted by Crippen LogP contribution is -2.34. The van der Waals surface area contributed by atoms with Crippen LogP contribution in [-0.2, 0) is 0 Å². The van der Waals surface area contributed by atoms with E-state index in [0.29, 0.717) is 23.5 Å². The molecule has 0 unspecified atom stereocenters. The Hall–Kier alpha value is -4.08. The SMILES string of the molecule is O=C(Nc1ccc(Nc2nc(N3CCCCC3)nc(N3CCCCC3)n2)cc1O)c1ccccc1O. The smallest absolute Gasteiger partial charge is 0.259 e. The molecule has 0 atom stereocenters. The van der Waals surface area contributed by atoms with Gasteiger partial charge in [0.15, 0.2) is 0 Å². The number of benzene rings is 2. The molecule has 2 aliphatic rings. The maximum absolute atomic E-state index is 12.5. The summed E-state index contributed by atoms with van der Waals surface area (Å²) >= 11 is 0. The molecule has 0 spiro atoms. The molecule has 0 radical (unpaired) electrons. The average Bonchev–Trinajstić information content (AvgIpc) is 2.91. The molecular weight excluding hydrogens is 458 g/mol. The summed E-state index contributed by atoms with van der Waals surface area (Å²) in [6.07, 6.45) is 6.92. The lowest BCUT2D eigenvalue weighted by Gasteiger charge is -2.30. The molecule has 5 rings (SSSR count). The van der Waals surface area contributed by atoms with Crippen LogP contribution in [0.1, 0.15) is 48.9 Å². The maximum Gasteiger partial charge on any atom is 0.259 e. The van der Waals surface area contributed by atoms with Crippen LogP contribution in [0, 0.1) is 0 Å². The van der Waals surface area contributed by atoms with E-state index >= 15 is 0 Å². The van der Waals surface area contributed by atoms with Gasteiger partial charge >= 0.3 is 0 Å². The number of carbonyl (C=O) groups is 1. The topological polar surface area (TPSA) is 127 Å². The molecule has 2 saturated heterocycles. The summed E-state index contributed by atoms with van der Waals surface area (Å²) in [5.74, 6) is 0.990. The van der Waals surface area contributed by atoms with Crippen molar-refractivity contribution in [3.63, 3.8) is 0 Å². The van der Waals surface area contributed by atoms with Crippen LogP contribution >= 0.6 is 0 Å².